The summed E-state index contributed by atoms with van der Waals surface area (Å²) in [6.45, 7) is 2.85. The van der Waals surface area contributed by atoms with E-state index in [0.29, 0.717) is 19.1 Å². The van der Waals surface area contributed by atoms with Crippen LogP contribution in [0.2, 0.25) is 4.34 Å². The summed E-state index contributed by atoms with van der Waals surface area (Å²) in [5.74, 6) is 0.291. The Hall–Kier alpha value is -0.130. The third-order valence-corrected chi connectivity index (χ3v) is 4.02. The number of ether oxygens (including phenoxy) is 1. The summed E-state index contributed by atoms with van der Waals surface area (Å²) in [4.78, 5) is 1.19. The minimum absolute atomic E-state index is 0.291. The molecule has 5 heteroatoms. The number of hydrogen-bond donors (Lipinski definition) is 2. The number of halogens is 1. The van der Waals surface area contributed by atoms with E-state index in [1.54, 1.807) is 11.3 Å². The molecule has 0 bridgehead atoms. The molecule has 3 nitrogen and oxygen atoms in total. The molecule has 1 fully saturated rings. The van der Waals surface area contributed by atoms with Crippen LogP contribution in [0.1, 0.15) is 11.3 Å². The van der Waals surface area contributed by atoms with Gasteiger partial charge in [0.05, 0.1) is 17.0 Å². The topological polar surface area (TPSA) is 41.5 Å². The molecule has 2 heterocycles. The Morgan fingerprint density at radius 3 is 3.12 bits per heavy atom. The van der Waals surface area contributed by atoms with Gasteiger partial charge in [0.2, 0.25) is 0 Å². The van der Waals surface area contributed by atoms with Gasteiger partial charge in [-0.1, -0.05) is 11.6 Å². The number of aliphatic hydroxyl groups excluding tert-OH is 1. The lowest BCUT2D eigenvalue weighted by molar-refractivity contribution is 0.0907. The van der Waals surface area contributed by atoms with Crippen LogP contribution in [0.3, 0.4) is 0 Å². The van der Waals surface area contributed by atoms with Crippen LogP contribution in [0.15, 0.2) is 12.1 Å². The van der Waals surface area contributed by atoms with Gasteiger partial charge in [0.15, 0.2) is 0 Å². The second-order valence-electron chi connectivity index (χ2n) is 4.03. The van der Waals surface area contributed by atoms with Crippen molar-refractivity contribution in [2.75, 3.05) is 19.8 Å². The number of thiophene rings is 1. The lowest BCUT2D eigenvalue weighted by Crippen LogP contribution is -2.32. The molecule has 1 saturated heterocycles. The maximum absolute atomic E-state index is 9.87. The van der Waals surface area contributed by atoms with Crippen LogP contribution < -0.4 is 5.32 Å². The maximum atomic E-state index is 9.87. The van der Waals surface area contributed by atoms with Crippen molar-refractivity contribution in [1.82, 2.24) is 5.32 Å². The number of hydrogen-bond acceptors (Lipinski definition) is 4. The molecular formula is C11H16ClNO2S. The molecule has 2 unspecified atom stereocenters. The highest BCUT2D eigenvalue weighted by Crippen LogP contribution is 2.21. The smallest absolute Gasteiger partial charge is 0.0931 e. The first-order valence-electron chi connectivity index (χ1n) is 5.46. The number of nitrogens with one attached hydrogen (secondary N) is 1. The van der Waals surface area contributed by atoms with Gasteiger partial charge in [-0.2, -0.15) is 0 Å². The van der Waals surface area contributed by atoms with Crippen molar-refractivity contribution < 1.29 is 9.84 Å². The summed E-state index contributed by atoms with van der Waals surface area (Å²) in [5, 5.41) is 13.1. The first-order valence-corrected chi connectivity index (χ1v) is 6.66. The standard InChI is InChI=1S/C11H16ClNO2S/c12-11-2-1-9(16-11)5-13-6-10(14)8-3-4-15-7-8/h1-2,8,10,13-14H,3-7H2. The van der Waals surface area contributed by atoms with E-state index in [4.69, 9.17) is 16.3 Å². The molecule has 1 aliphatic heterocycles. The molecule has 0 spiro atoms. The Morgan fingerprint density at radius 2 is 2.50 bits per heavy atom. The summed E-state index contributed by atoms with van der Waals surface area (Å²) in [5.41, 5.74) is 0. The van der Waals surface area contributed by atoms with Gasteiger partial charge in [0.1, 0.15) is 0 Å². The predicted molar refractivity (Wildman–Crippen MR) is 66.0 cm³/mol. The minimum atomic E-state index is -0.307. The van der Waals surface area contributed by atoms with Gasteiger partial charge in [-0.25, -0.2) is 0 Å². The van der Waals surface area contributed by atoms with Crippen LogP contribution in [0.4, 0.5) is 0 Å². The molecule has 1 aromatic heterocycles. The van der Waals surface area contributed by atoms with Crippen molar-refractivity contribution in [3.63, 3.8) is 0 Å². The molecule has 0 aromatic carbocycles. The van der Waals surface area contributed by atoms with Crippen molar-refractivity contribution in [3.05, 3.63) is 21.3 Å². The zero-order chi connectivity index (χ0) is 11.4. The Kier molecular flexibility index (Phi) is 4.61. The van der Waals surface area contributed by atoms with Crippen LogP contribution in [0, 0.1) is 5.92 Å². The fraction of sp³-hybridized carbons (Fsp3) is 0.636. The van der Waals surface area contributed by atoms with Gasteiger partial charge in [0.25, 0.3) is 0 Å². The average molecular weight is 262 g/mol. The van der Waals surface area contributed by atoms with Crippen molar-refractivity contribution >= 4 is 22.9 Å². The Balaban J connectivity index is 1.67. The van der Waals surface area contributed by atoms with Crippen LogP contribution in [0.25, 0.3) is 0 Å². The zero-order valence-corrected chi connectivity index (χ0v) is 10.6. The third kappa shape index (κ3) is 3.43. The molecule has 90 valence electrons. The van der Waals surface area contributed by atoms with E-state index in [1.165, 1.54) is 4.88 Å². The molecule has 16 heavy (non-hydrogen) atoms. The molecule has 0 saturated carbocycles. The van der Waals surface area contributed by atoms with E-state index >= 15 is 0 Å². The van der Waals surface area contributed by atoms with Crippen LogP contribution in [-0.2, 0) is 11.3 Å². The molecule has 1 aromatic rings. The highest BCUT2D eigenvalue weighted by molar-refractivity contribution is 7.16. The predicted octanol–water partition coefficient (Wildman–Crippen LogP) is 1.89. The maximum Gasteiger partial charge on any atom is 0.0931 e. The van der Waals surface area contributed by atoms with E-state index in [9.17, 15) is 5.11 Å². The second kappa shape index (κ2) is 5.98. The fourth-order valence-electron chi connectivity index (χ4n) is 1.81. The van der Waals surface area contributed by atoms with Gasteiger partial charge in [-0.05, 0) is 18.6 Å². The number of aliphatic hydroxyl groups is 1. The Labute approximate surface area is 104 Å². The summed E-state index contributed by atoms with van der Waals surface area (Å²) in [7, 11) is 0. The Morgan fingerprint density at radius 1 is 1.62 bits per heavy atom. The van der Waals surface area contributed by atoms with E-state index in [1.807, 2.05) is 12.1 Å². The molecule has 2 rings (SSSR count). The van der Waals surface area contributed by atoms with Gasteiger partial charge in [0, 0.05) is 30.5 Å². The molecule has 1 aliphatic rings. The summed E-state index contributed by atoms with van der Waals surface area (Å²) >= 11 is 7.40. The molecule has 0 aliphatic carbocycles. The summed E-state index contributed by atoms with van der Waals surface area (Å²) in [6.07, 6.45) is 0.658. The first-order chi connectivity index (χ1) is 7.75. The van der Waals surface area contributed by atoms with Gasteiger partial charge < -0.3 is 15.2 Å². The average Bonchev–Trinajstić information content (AvgIpc) is 2.89. The molecule has 0 radical (unpaired) electrons. The van der Waals surface area contributed by atoms with E-state index in [2.05, 4.69) is 5.32 Å². The first kappa shape index (κ1) is 12.3. The van der Waals surface area contributed by atoms with Crippen molar-refractivity contribution in [2.24, 2.45) is 5.92 Å². The lowest BCUT2D eigenvalue weighted by atomic mass is 10.0. The van der Waals surface area contributed by atoms with E-state index < -0.39 is 0 Å². The number of rotatable bonds is 5. The minimum Gasteiger partial charge on any atom is -0.391 e. The van der Waals surface area contributed by atoms with E-state index in [0.717, 1.165) is 23.9 Å². The largest absolute Gasteiger partial charge is 0.391 e. The fourth-order valence-corrected chi connectivity index (χ4v) is 2.87. The normalized spacial score (nSPS) is 22.5. The molecule has 2 atom stereocenters. The molecular weight excluding hydrogens is 246 g/mol. The van der Waals surface area contributed by atoms with E-state index in [-0.39, 0.29) is 6.10 Å². The summed E-state index contributed by atoms with van der Waals surface area (Å²) < 4.78 is 6.05. The monoisotopic (exact) mass is 261 g/mol. The van der Waals surface area contributed by atoms with Crippen molar-refractivity contribution in [1.29, 1.82) is 0 Å². The SMILES string of the molecule is OC(CNCc1ccc(Cl)s1)C1CCOC1. The second-order valence-corrected chi connectivity index (χ2v) is 5.83. The van der Waals surface area contributed by atoms with Crippen molar-refractivity contribution in [3.8, 4) is 0 Å². The van der Waals surface area contributed by atoms with Gasteiger partial charge in [-0.15, -0.1) is 11.3 Å². The zero-order valence-electron chi connectivity index (χ0n) is 8.99. The molecule has 2 N–H and O–H groups in total. The van der Waals surface area contributed by atoms with Gasteiger partial charge in [-0.3, -0.25) is 0 Å². The summed E-state index contributed by atoms with van der Waals surface area (Å²) in [6, 6.07) is 3.90. The lowest BCUT2D eigenvalue weighted by Gasteiger charge is -2.16. The van der Waals surface area contributed by atoms with Crippen LogP contribution >= 0.6 is 22.9 Å². The Bertz CT molecular complexity index is 326. The van der Waals surface area contributed by atoms with Crippen LogP contribution in [0.5, 0.6) is 0 Å². The quantitative estimate of drug-likeness (QED) is 0.851. The van der Waals surface area contributed by atoms with Gasteiger partial charge >= 0.3 is 0 Å². The molecule has 0 amide bonds. The highest BCUT2D eigenvalue weighted by atomic mass is 35.5. The highest BCUT2D eigenvalue weighted by Gasteiger charge is 2.23. The van der Waals surface area contributed by atoms with Crippen molar-refractivity contribution in [2.45, 2.75) is 19.1 Å². The van der Waals surface area contributed by atoms with Crippen LogP contribution in [-0.4, -0.2) is 31.0 Å². The third-order valence-electron chi connectivity index (χ3n) is 2.79.